The summed E-state index contributed by atoms with van der Waals surface area (Å²) in [5, 5.41) is 16.0. The van der Waals surface area contributed by atoms with E-state index in [4.69, 9.17) is 4.74 Å². The first-order valence-electron chi connectivity index (χ1n) is 15.8. The van der Waals surface area contributed by atoms with Gasteiger partial charge in [0.25, 0.3) is 5.91 Å². The lowest BCUT2D eigenvalue weighted by Gasteiger charge is -2.29. The Morgan fingerprint density at radius 2 is 1.94 bits per heavy atom. The standard InChI is InChI=1S/C34H36N10O3/c1-3-26-17-24(7-13-35-26)31-28-18-27(5-6-29(28)40-41-31)39-32(46)34(47-2)10-16-42(22-34)21-30(45)43-14-8-23(9-15-43)25-19-38-44(20-25)33-36-11-4-12-37-33/h4-8,11-13,17-20H,3,9-10,14-16,21-22H2,1-2H3,(H,39,46)(H,40,41)/t34-/m0/s1. The lowest BCUT2D eigenvalue weighted by atomic mass is 10.0. The van der Waals surface area contributed by atoms with E-state index in [1.807, 2.05) is 46.3 Å². The highest BCUT2D eigenvalue weighted by Crippen LogP contribution is 2.31. The number of aromatic nitrogens is 7. The molecule has 6 heterocycles. The molecule has 1 aromatic carbocycles. The molecule has 0 radical (unpaired) electrons. The number of fused-ring (bicyclic) bond motifs is 1. The normalized spacial score (nSPS) is 18.4. The summed E-state index contributed by atoms with van der Waals surface area (Å²) in [6, 6.07) is 11.4. The molecule has 0 spiro atoms. The van der Waals surface area contributed by atoms with Crippen molar-refractivity contribution < 1.29 is 14.3 Å². The summed E-state index contributed by atoms with van der Waals surface area (Å²) in [6.45, 7) is 4.32. The number of benzene rings is 1. The Morgan fingerprint density at radius 1 is 1.06 bits per heavy atom. The lowest BCUT2D eigenvalue weighted by molar-refractivity contribution is -0.138. The van der Waals surface area contributed by atoms with E-state index in [0.29, 0.717) is 44.2 Å². The number of H-pyrrole nitrogens is 1. The van der Waals surface area contributed by atoms with Crippen molar-refractivity contribution in [1.82, 2.24) is 44.7 Å². The largest absolute Gasteiger partial charge is 0.367 e. The predicted molar refractivity (Wildman–Crippen MR) is 176 cm³/mol. The first-order valence-corrected chi connectivity index (χ1v) is 15.8. The van der Waals surface area contributed by atoms with Gasteiger partial charge in [-0.15, -0.1) is 0 Å². The smallest absolute Gasteiger partial charge is 0.258 e. The Labute approximate surface area is 271 Å². The molecule has 7 rings (SSSR count). The van der Waals surface area contributed by atoms with Crippen molar-refractivity contribution in [3.63, 3.8) is 0 Å². The summed E-state index contributed by atoms with van der Waals surface area (Å²) < 4.78 is 7.50. The average molecular weight is 633 g/mol. The molecule has 240 valence electrons. The van der Waals surface area contributed by atoms with Crippen LogP contribution in [0.5, 0.6) is 0 Å². The number of ether oxygens (including phenoxy) is 1. The van der Waals surface area contributed by atoms with E-state index in [9.17, 15) is 9.59 Å². The lowest BCUT2D eigenvalue weighted by Crippen LogP contribution is -2.48. The number of amides is 2. The molecule has 2 amide bonds. The summed E-state index contributed by atoms with van der Waals surface area (Å²) in [7, 11) is 1.56. The highest BCUT2D eigenvalue weighted by Gasteiger charge is 2.45. The highest BCUT2D eigenvalue weighted by atomic mass is 16.5. The minimum Gasteiger partial charge on any atom is -0.367 e. The summed E-state index contributed by atoms with van der Waals surface area (Å²) in [4.78, 5) is 43.7. The number of carbonyl (C=O) groups excluding carboxylic acids is 2. The van der Waals surface area contributed by atoms with Gasteiger partial charge in [-0.3, -0.25) is 24.6 Å². The SMILES string of the molecule is CCc1cc(-c2n[nH]c3ccc(NC(=O)[C@]4(OC)CCN(CC(=O)N5CC=C(c6cnn(-c7ncccn7)c6)CC5)C4)cc23)ccn1. The number of hydrogen-bond donors (Lipinski definition) is 2. The van der Waals surface area contributed by atoms with Crippen LogP contribution in [0.25, 0.3) is 33.7 Å². The molecule has 13 heteroatoms. The molecule has 1 saturated heterocycles. The molecule has 2 N–H and O–H groups in total. The third kappa shape index (κ3) is 6.14. The Bertz CT molecular complexity index is 1950. The van der Waals surface area contributed by atoms with Crippen LogP contribution in [0.1, 0.15) is 31.0 Å². The van der Waals surface area contributed by atoms with Gasteiger partial charge in [0.05, 0.1) is 18.3 Å². The van der Waals surface area contributed by atoms with Crippen molar-refractivity contribution in [2.75, 3.05) is 45.2 Å². The van der Waals surface area contributed by atoms with E-state index in [1.165, 1.54) is 0 Å². The topological polar surface area (TPSA) is 147 Å². The van der Waals surface area contributed by atoms with Gasteiger partial charge in [0.15, 0.2) is 5.60 Å². The molecule has 1 atom stereocenters. The minimum atomic E-state index is -1.06. The molecule has 0 saturated carbocycles. The molecule has 13 nitrogen and oxygen atoms in total. The van der Waals surface area contributed by atoms with Gasteiger partial charge in [-0.25, -0.2) is 14.6 Å². The zero-order chi connectivity index (χ0) is 32.4. The third-order valence-corrected chi connectivity index (χ3v) is 9.02. The Kier molecular flexibility index (Phi) is 8.31. The molecule has 0 bridgehead atoms. The number of aryl methyl sites for hydroxylation is 1. The Balaban J connectivity index is 0.972. The van der Waals surface area contributed by atoms with Gasteiger partial charge in [-0.1, -0.05) is 13.0 Å². The second kappa shape index (κ2) is 12.9. The third-order valence-electron chi connectivity index (χ3n) is 9.02. The molecule has 47 heavy (non-hydrogen) atoms. The number of pyridine rings is 1. The fraction of sp³-hybridized carbons (Fsp3) is 0.324. The summed E-state index contributed by atoms with van der Waals surface area (Å²) in [5.74, 6) is 0.308. The maximum atomic E-state index is 13.7. The van der Waals surface area contributed by atoms with E-state index < -0.39 is 5.60 Å². The van der Waals surface area contributed by atoms with E-state index >= 15 is 0 Å². The van der Waals surface area contributed by atoms with Crippen LogP contribution in [0.2, 0.25) is 0 Å². The van der Waals surface area contributed by atoms with Gasteiger partial charge in [0, 0.05) is 86.0 Å². The van der Waals surface area contributed by atoms with Crippen LogP contribution in [-0.4, -0.2) is 102 Å². The van der Waals surface area contributed by atoms with Crippen molar-refractivity contribution >= 4 is 34.0 Å². The van der Waals surface area contributed by atoms with Crippen LogP contribution in [0, 0.1) is 0 Å². The Hall–Kier alpha value is -5.27. The van der Waals surface area contributed by atoms with Gasteiger partial charge in [0.2, 0.25) is 11.9 Å². The number of nitrogens with zero attached hydrogens (tertiary/aromatic N) is 8. The van der Waals surface area contributed by atoms with Gasteiger partial charge >= 0.3 is 0 Å². The fourth-order valence-corrected chi connectivity index (χ4v) is 6.27. The van der Waals surface area contributed by atoms with Crippen molar-refractivity contribution in [2.45, 2.75) is 31.8 Å². The van der Waals surface area contributed by atoms with E-state index in [2.05, 4.69) is 48.6 Å². The van der Waals surface area contributed by atoms with E-state index in [-0.39, 0.29) is 18.4 Å². The monoisotopic (exact) mass is 632 g/mol. The number of likely N-dealkylation sites (tertiary alicyclic amines) is 1. The van der Waals surface area contributed by atoms with Gasteiger partial charge < -0.3 is 15.0 Å². The Morgan fingerprint density at radius 3 is 2.72 bits per heavy atom. The number of anilines is 1. The average Bonchev–Trinajstić information content (AvgIpc) is 3.88. The van der Waals surface area contributed by atoms with Gasteiger partial charge in [0.1, 0.15) is 5.69 Å². The van der Waals surface area contributed by atoms with Crippen molar-refractivity contribution in [2.24, 2.45) is 0 Å². The summed E-state index contributed by atoms with van der Waals surface area (Å²) >= 11 is 0. The molecule has 2 aliphatic heterocycles. The van der Waals surface area contributed by atoms with Crippen molar-refractivity contribution in [3.05, 3.63) is 84.7 Å². The molecule has 5 aromatic rings. The minimum absolute atomic E-state index is 0.0290. The molecule has 0 aliphatic carbocycles. The predicted octanol–water partition coefficient (Wildman–Crippen LogP) is 3.51. The van der Waals surface area contributed by atoms with E-state index in [0.717, 1.165) is 51.8 Å². The second-order valence-corrected chi connectivity index (χ2v) is 11.9. The zero-order valence-electron chi connectivity index (χ0n) is 26.4. The number of carbonyl (C=O) groups is 2. The molecule has 4 aromatic heterocycles. The number of methoxy groups -OCH3 is 1. The fourth-order valence-electron chi connectivity index (χ4n) is 6.27. The van der Waals surface area contributed by atoms with Crippen LogP contribution < -0.4 is 5.32 Å². The van der Waals surface area contributed by atoms with Crippen LogP contribution >= 0.6 is 0 Å². The van der Waals surface area contributed by atoms with Crippen LogP contribution in [0.15, 0.2) is 73.5 Å². The van der Waals surface area contributed by atoms with Crippen LogP contribution in [0.4, 0.5) is 5.69 Å². The summed E-state index contributed by atoms with van der Waals surface area (Å²) in [6.07, 6.45) is 13.0. The van der Waals surface area contributed by atoms with Gasteiger partial charge in [-0.05, 0) is 61.2 Å². The first-order chi connectivity index (χ1) is 22.9. The number of aromatic amines is 1. The van der Waals surface area contributed by atoms with Gasteiger partial charge in [-0.2, -0.15) is 10.2 Å². The molecule has 1 fully saturated rings. The summed E-state index contributed by atoms with van der Waals surface area (Å²) in [5.41, 5.74) is 5.34. The molecular formula is C34H36N10O3. The second-order valence-electron chi connectivity index (χ2n) is 11.9. The van der Waals surface area contributed by atoms with Crippen LogP contribution in [-0.2, 0) is 20.7 Å². The van der Waals surface area contributed by atoms with Crippen molar-refractivity contribution in [3.8, 4) is 17.2 Å². The molecular weight excluding hydrogens is 596 g/mol. The number of rotatable bonds is 9. The quantitative estimate of drug-likeness (QED) is 0.249. The zero-order valence-corrected chi connectivity index (χ0v) is 26.4. The highest BCUT2D eigenvalue weighted by molar-refractivity contribution is 6.01. The number of hydrogen-bond acceptors (Lipinski definition) is 9. The maximum Gasteiger partial charge on any atom is 0.258 e. The van der Waals surface area contributed by atoms with Crippen LogP contribution in [0.3, 0.4) is 0 Å². The molecule has 0 unspecified atom stereocenters. The first kappa shape index (κ1) is 30.4. The maximum absolute atomic E-state index is 13.7. The molecule has 2 aliphatic rings. The van der Waals surface area contributed by atoms with E-state index in [1.54, 1.807) is 42.6 Å². The number of nitrogens with one attached hydrogen (secondary N) is 2. The van der Waals surface area contributed by atoms with Crippen molar-refractivity contribution in [1.29, 1.82) is 0 Å².